The van der Waals surface area contributed by atoms with Crippen molar-refractivity contribution in [2.75, 3.05) is 7.11 Å². The van der Waals surface area contributed by atoms with Gasteiger partial charge in [-0.05, 0) is 25.1 Å². The van der Waals surface area contributed by atoms with Gasteiger partial charge in [-0.2, -0.15) is 4.99 Å². The van der Waals surface area contributed by atoms with Crippen LogP contribution in [-0.4, -0.2) is 13.2 Å². The topological polar surface area (TPSA) is 38.7 Å². The lowest BCUT2D eigenvalue weighted by Gasteiger charge is -2.17. The second kappa shape index (κ2) is 4.43. The molecule has 1 aromatic rings. The average Bonchev–Trinajstić information content (AvgIpc) is 2.17. The van der Waals surface area contributed by atoms with E-state index in [9.17, 15) is 9.18 Å². The number of aliphatic imine (C=N–C) groups is 1. The molecule has 0 bridgehead atoms. The highest BCUT2D eigenvalue weighted by Gasteiger charge is 2.29. The van der Waals surface area contributed by atoms with Gasteiger partial charge >= 0.3 is 0 Å². The Morgan fingerprint density at radius 2 is 2.27 bits per heavy atom. The van der Waals surface area contributed by atoms with Crippen molar-refractivity contribution >= 4 is 17.7 Å². The first-order chi connectivity index (χ1) is 7.01. The van der Waals surface area contributed by atoms with Crippen LogP contribution in [0.5, 0.6) is 5.75 Å². The van der Waals surface area contributed by atoms with E-state index < -0.39 is 5.79 Å². The highest BCUT2D eigenvalue weighted by atomic mass is 35.5. The molecule has 0 saturated heterocycles. The Morgan fingerprint density at radius 3 is 2.80 bits per heavy atom. The maximum absolute atomic E-state index is 13.9. The maximum atomic E-state index is 13.9. The number of halogens is 2. The van der Waals surface area contributed by atoms with Crippen LogP contribution < -0.4 is 4.74 Å². The van der Waals surface area contributed by atoms with Crippen molar-refractivity contribution in [1.29, 1.82) is 0 Å². The van der Waals surface area contributed by atoms with E-state index in [0.29, 0.717) is 5.02 Å². The van der Waals surface area contributed by atoms with Crippen molar-refractivity contribution in [2.45, 2.75) is 12.7 Å². The molecule has 3 nitrogen and oxygen atoms in total. The van der Waals surface area contributed by atoms with Crippen molar-refractivity contribution in [2.24, 2.45) is 4.99 Å². The van der Waals surface area contributed by atoms with Gasteiger partial charge < -0.3 is 4.74 Å². The second-order valence-electron chi connectivity index (χ2n) is 3.00. The lowest BCUT2D eigenvalue weighted by atomic mass is 10.1. The van der Waals surface area contributed by atoms with Crippen molar-refractivity contribution in [3.8, 4) is 5.75 Å². The molecule has 0 heterocycles. The van der Waals surface area contributed by atoms with Gasteiger partial charge in [-0.1, -0.05) is 11.6 Å². The Hall–Kier alpha value is -1.38. The molecular weight excluding hydrogens is 221 g/mol. The zero-order valence-corrected chi connectivity index (χ0v) is 9.01. The Kier molecular flexibility index (Phi) is 3.45. The van der Waals surface area contributed by atoms with Crippen LogP contribution in [0, 0.1) is 0 Å². The lowest BCUT2D eigenvalue weighted by molar-refractivity contribution is 0.199. The minimum atomic E-state index is -2.18. The van der Waals surface area contributed by atoms with E-state index in [1.807, 2.05) is 0 Å². The molecule has 0 saturated carbocycles. The molecule has 80 valence electrons. The first-order valence-corrected chi connectivity index (χ1v) is 4.51. The van der Waals surface area contributed by atoms with Crippen molar-refractivity contribution < 1.29 is 13.9 Å². The predicted molar refractivity (Wildman–Crippen MR) is 54.6 cm³/mol. The van der Waals surface area contributed by atoms with E-state index in [0.717, 1.165) is 6.92 Å². The summed E-state index contributed by atoms with van der Waals surface area (Å²) < 4.78 is 18.8. The third-order valence-electron chi connectivity index (χ3n) is 1.91. The monoisotopic (exact) mass is 229 g/mol. The zero-order chi connectivity index (χ0) is 11.5. The van der Waals surface area contributed by atoms with Crippen LogP contribution in [0.3, 0.4) is 0 Å². The Labute approximate surface area is 91.5 Å². The number of carbonyl (C=O) groups excluding carboxylic acids is 1. The standard InChI is InChI=1S/C10H9ClFNO2/c1-10(12,13-6-14)8-5-7(11)3-4-9(8)15-2/h3-5H,1-2H3. The first kappa shape index (κ1) is 11.7. The van der Waals surface area contributed by atoms with E-state index in [2.05, 4.69) is 4.99 Å². The van der Waals surface area contributed by atoms with Gasteiger partial charge in [0, 0.05) is 5.02 Å². The van der Waals surface area contributed by atoms with Crippen molar-refractivity contribution in [3.63, 3.8) is 0 Å². The van der Waals surface area contributed by atoms with Gasteiger partial charge in [0.25, 0.3) is 0 Å². The van der Waals surface area contributed by atoms with Crippen LogP contribution in [-0.2, 0) is 10.6 Å². The third kappa shape index (κ3) is 2.55. The molecule has 5 heteroatoms. The molecule has 0 aromatic heterocycles. The molecule has 0 fully saturated rings. The van der Waals surface area contributed by atoms with Crippen LogP contribution in [0.25, 0.3) is 0 Å². The molecule has 0 aliphatic carbocycles. The summed E-state index contributed by atoms with van der Waals surface area (Å²) in [5, 5.41) is 0.343. The number of ether oxygens (including phenoxy) is 1. The molecule has 1 rings (SSSR count). The molecule has 1 atom stereocenters. The molecule has 0 N–H and O–H groups in total. The summed E-state index contributed by atoms with van der Waals surface area (Å²) in [5.74, 6) is -1.90. The Balaban J connectivity index is 3.33. The first-order valence-electron chi connectivity index (χ1n) is 4.13. The molecule has 15 heavy (non-hydrogen) atoms. The van der Waals surface area contributed by atoms with Crippen molar-refractivity contribution in [3.05, 3.63) is 28.8 Å². The minimum absolute atomic E-state index is 0.0980. The minimum Gasteiger partial charge on any atom is -0.496 e. The van der Waals surface area contributed by atoms with Crippen LogP contribution in [0.1, 0.15) is 12.5 Å². The SMILES string of the molecule is COc1ccc(Cl)cc1C(C)(F)N=C=O. The molecular formula is C10H9ClFNO2. The molecule has 1 aromatic carbocycles. The summed E-state index contributed by atoms with van der Waals surface area (Å²) in [7, 11) is 1.40. The molecule has 0 aliphatic rings. The number of benzene rings is 1. The summed E-state index contributed by atoms with van der Waals surface area (Å²) >= 11 is 5.72. The summed E-state index contributed by atoms with van der Waals surface area (Å²) in [6.07, 6.45) is 1.18. The fraction of sp³-hybridized carbons (Fsp3) is 0.300. The number of hydrogen-bond donors (Lipinski definition) is 0. The van der Waals surface area contributed by atoms with E-state index in [1.165, 1.54) is 25.3 Å². The zero-order valence-electron chi connectivity index (χ0n) is 8.25. The largest absolute Gasteiger partial charge is 0.496 e. The molecule has 0 spiro atoms. The molecule has 0 amide bonds. The van der Waals surface area contributed by atoms with Crippen LogP contribution in [0.4, 0.5) is 4.39 Å². The third-order valence-corrected chi connectivity index (χ3v) is 2.14. The summed E-state index contributed by atoms with van der Waals surface area (Å²) in [6.45, 7) is 1.13. The van der Waals surface area contributed by atoms with E-state index >= 15 is 0 Å². The van der Waals surface area contributed by atoms with Gasteiger partial charge in [0.2, 0.25) is 11.9 Å². The number of rotatable bonds is 3. The smallest absolute Gasteiger partial charge is 0.238 e. The fourth-order valence-corrected chi connectivity index (χ4v) is 1.35. The summed E-state index contributed by atoms with van der Waals surface area (Å²) in [6, 6.07) is 4.43. The number of isocyanates is 1. The van der Waals surface area contributed by atoms with Crippen LogP contribution in [0.15, 0.2) is 23.2 Å². The average molecular weight is 230 g/mol. The van der Waals surface area contributed by atoms with Gasteiger partial charge in [-0.3, -0.25) is 0 Å². The summed E-state index contributed by atoms with van der Waals surface area (Å²) in [4.78, 5) is 13.1. The van der Waals surface area contributed by atoms with E-state index in [1.54, 1.807) is 6.07 Å². The Morgan fingerprint density at radius 1 is 1.60 bits per heavy atom. The molecule has 0 aliphatic heterocycles. The number of hydrogen-bond acceptors (Lipinski definition) is 3. The highest BCUT2D eigenvalue weighted by Crippen LogP contribution is 2.35. The van der Waals surface area contributed by atoms with Crippen LogP contribution >= 0.6 is 11.6 Å². The highest BCUT2D eigenvalue weighted by molar-refractivity contribution is 6.30. The number of alkyl halides is 1. The quantitative estimate of drug-likeness (QED) is 0.454. The predicted octanol–water partition coefficient (Wildman–Crippen LogP) is 2.83. The summed E-state index contributed by atoms with van der Waals surface area (Å²) in [5.41, 5.74) is 0.0980. The van der Waals surface area contributed by atoms with E-state index in [4.69, 9.17) is 16.3 Å². The fourth-order valence-electron chi connectivity index (χ4n) is 1.18. The van der Waals surface area contributed by atoms with Gasteiger partial charge in [0.15, 0.2) is 0 Å². The second-order valence-corrected chi connectivity index (χ2v) is 3.44. The molecule has 1 unspecified atom stereocenters. The lowest BCUT2D eigenvalue weighted by Crippen LogP contribution is -2.13. The normalized spacial score (nSPS) is 13.9. The molecule has 0 radical (unpaired) electrons. The van der Waals surface area contributed by atoms with Crippen molar-refractivity contribution in [1.82, 2.24) is 0 Å². The van der Waals surface area contributed by atoms with Gasteiger partial charge in [0.05, 0.1) is 12.7 Å². The number of methoxy groups -OCH3 is 1. The van der Waals surface area contributed by atoms with E-state index in [-0.39, 0.29) is 11.3 Å². The van der Waals surface area contributed by atoms with Gasteiger partial charge in [-0.15, -0.1) is 0 Å². The maximum Gasteiger partial charge on any atom is 0.238 e. The van der Waals surface area contributed by atoms with Crippen LogP contribution in [0.2, 0.25) is 5.02 Å². The number of nitrogens with zero attached hydrogens (tertiary/aromatic N) is 1. The van der Waals surface area contributed by atoms with Gasteiger partial charge in [0.1, 0.15) is 5.75 Å². The van der Waals surface area contributed by atoms with Gasteiger partial charge in [-0.25, -0.2) is 9.18 Å². The Bertz CT molecular complexity index is 414.